The molecule has 2 aromatic rings. The van der Waals surface area contributed by atoms with Crippen molar-refractivity contribution in [2.75, 3.05) is 25.5 Å². The largest absolute Gasteiger partial charge is 0.496 e. The topological polar surface area (TPSA) is 70.7 Å². The van der Waals surface area contributed by atoms with E-state index in [0.717, 1.165) is 32.5 Å². The van der Waals surface area contributed by atoms with E-state index >= 15 is 0 Å². The first-order valence-electron chi connectivity index (χ1n) is 10.7. The molecular formula is C24H28ClN3O3. The lowest BCUT2D eigenvalue weighted by molar-refractivity contribution is -0.117. The van der Waals surface area contributed by atoms with Gasteiger partial charge in [-0.3, -0.25) is 14.5 Å². The van der Waals surface area contributed by atoms with Gasteiger partial charge in [-0.1, -0.05) is 48.9 Å². The summed E-state index contributed by atoms with van der Waals surface area (Å²) < 4.78 is 5.42. The van der Waals surface area contributed by atoms with Crippen molar-refractivity contribution in [2.45, 2.75) is 32.4 Å². The molecule has 31 heavy (non-hydrogen) atoms. The Kier molecular flexibility index (Phi) is 6.49. The molecular weight excluding hydrogens is 414 g/mol. The number of anilines is 1. The SMILES string of the molecule is COc1cc(NC(=O)C2C[C@@H]2C)c(Cl)cc1C(=O)N[C@H]1CCN(Cc2ccccc2)C1. The van der Waals surface area contributed by atoms with Gasteiger partial charge in [0.1, 0.15) is 5.75 Å². The number of methoxy groups -OCH3 is 1. The Morgan fingerprint density at radius 1 is 1.23 bits per heavy atom. The summed E-state index contributed by atoms with van der Waals surface area (Å²) in [7, 11) is 1.51. The van der Waals surface area contributed by atoms with Crippen LogP contribution in [0, 0.1) is 11.8 Å². The molecule has 164 valence electrons. The molecule has 1 aliphatic heterocycles. The van der Waals surface area contributed by atoms with E-state index in [0.29, 0.717) is 27.9 Å². The molecule has 0 aromatic heterocycles. The number of carbonyl (C=O) groups is 2. The predicted octanol–water partition coefficient (Wildman–Crippen LogP) is 3.95. The smallest absolute Gasteiger partial charge is 0.255 e. The highest BCUT2D eigenvalue weighted by Gasteiger charge is 2.39. The van der Waals surface area contributed by atoms with Crippen LogP contribution in [0.5, 0.6) is 5.75 Å². The minimum atomic E-state index is -0.223. The van der Waals surface area contributed by atoms with E-state index in [4.69, 9.17) is 16.3 Å². The molecule has 7 heteroatoms. The molecule has 1 heterocycles. The van der Waals surface area contributed by atoms with Gasteiger partial charge < -0.3 is 15.4 Å². The molecule has 2 N–H and O–H groups in total. The van der Waals surface area contributed by atoms with E-state index in [2.05, 4.69) is 27.7 Å². The third kappa shape index (κ3) is 5.20. The Morgan fingerprint density at radius 2 is 1.97 bits per heavy atom. The van der Waals surface area contributed by atoms with Gasteiger partial charge in [0.15, 0.2) is 0 Å². The highest BCUT2D eigenvalue weighted by atomic mass is 35.5. The molecule has 2 aromatic carbocycles. The van der Waals surface area contributed by atoms with Crippen LogP contribution in [0.25, 0.3) is 0 Å². The second-order valence-corrected chi connectivity index (χ2v) is 8.93. The number of hydrogen-bond acceptors (Lipinski definition) is 4. The van der Waals surface area contributed by atoms with Gasteiger partial charge in [-0.15, -0.1) is 0 Å². The number of hydrogen-bond donors (Lipinski definition) is 2. The number of ether oxygens (including phenoxy) is 1. The number of halogens is 1. The van der Waals surface area contributed by atoms with E-state index in [1.165, 1.54) is 12.7 Å². The Bertz CT molecular complexity index is 966. The van der Waals surface area contributed by atoms with E-state index in [1.54, 1.807) is 12.1 Å². The van der Waals surface area contributed by atoms with Gasteiger partial charge in [-0.05, 0) is 30.4 Å². The quantitative estimate of drug-likeness (QED) is 0.682. The van der Waals surface area contributed by atoms with Crippen LogP contribution < -0.4 is 15.4 Å². The number of nitrogens with zero attached hydrogens (tertiary/aromatic N) is 1. The normalized spacial score (nSPS) is 22.7. The summed E-state index contributed by atoms with van der Waals surface area (Å²) in [6.07, 6.45) is 1.78. The maximum absolute atomic E-state index is 12.9. The maximum Gasteiger partial charge on any atom is 0.255 e. The lowest BCUT2D eigenvalue weighted by Gasteiger charge is -2.18. The zero-order valence-corrected chi connectivity index (χ0v) is 18.6. The highest BCUT2D eigenvalue weighted by Crippen LogP contribution is 2.39. The first-order valence-corrected chi connectivity index (χ1v) is 11.1. The maximum atomic E-state index is 12.9. The molecule has 1 saturated carbocycles. The molecule has 2 fully saturated rings. The van der Waals surface area contributed by atoms with Gasteiger partial charge >= 0.3 is 0 Å². The fourth-order valence-electron chi connectivity index (χ4n) is 4.11. The van der Waals surface area contributed by atoms with E-state index < -0.39 is 0 Å². The Labute approximate surface area is 187 Å². The minimum absolute atomic E-state index is 0.0336. The second-order valence-electron chi connectivity index (χ2n) is 8.52. The predicted molar refractivity (Wildman–Crippen MR) is 121 cm³/mol. The number of amides is 2. The van der Waals surface area contributed by atoms with Crippen LogP contribution in [0.15, 0.2) is 42.5 Å². The van der Waals surface area contributed by atoms with Crippen molar-refractivity contribution in [1.82, 2.24) is 10.2 Å². The van der Waals surface area contributed by atoms with E-state index in [9.17, 15) is 9.59 Å². The van der Waals surface area contributed by atoms with Crippen molar-refractivity contribution in [3.63, 3.8) is 0 Å². The molecule has 6 nitrogen and oxygen atoms in total. The fourth-order valence-corrected chi connectivity index (χ4v) is 4.32. The minimum Gasteiger partial charge on any atom is -0.496 e. The van der Waals surface area contributed by atoms with Crippen LogP contribution in [-0.4, -0.2) is 43.0 Å². The summed E-state index contributed by atoms with van der Waals surface area (Å²) >= 11 is 6.38. The van der Waals surface area contributed by atoms with Crippen LogP contribution in [-0.2, 0) is 11.3 Å². The van der Waals surface area contributed by atoms with Crippen molar-refractivity contribution in [3.05, 3.63) is 58.6 Å². The molecule has 1 unspecified atom stereocenters. The molecule has 1 saturated heterocycles. The van der Waals surface area contributed by atoms with Crippen LogP contribution in [0.4, 0.5) is 5.69 Å². The van der Waals surface area contributed by atoms with Gasteiger partial charge in [0.05, 0.1) is 23.4 Å². The molecule has 4 rings (SSSR count). The van der Waals surface area contributed by atoms with Crippen molar-refractivity contribution in [3.8, 4) is 5.75 Å². The molecule has 0 radical (unpaired) electrons. The zero-order chi connectivity index (χ0) is 22.0. The van der Waals surface area contributed by atoms with Crippen molar-refractivity contribution in [2.24, 2.45) is 11.8 Å². The fraction of sp³-hybridized carbons (Fsp3) is 0.417. The first kappa shape index (κ1) is 21.7. The van der Waals surface area contributed by atoms with E-state index in [-0.39, 0.29) is 23.8 Å². The molecule has 2 aliphatic rings. The summed E-state index contributed by atoms with van der Waals surface area (Å²) in [4.78, 5) is 27.5. The van der Waals surface area contributed by atoms with Gasteiger partial charge in [-0.25, -0.2) is 0 Å². The van der Waals surface area contributed by atoms with Gasteiger partial charge in [0, 0.05) is 37.7 Å². The van der Waals surface area contributed by atoms with Gasteiger partial charge in [-0.2, -0.15) is 0 Å². The standard InChI is InChI=1S/C24H28ClN3O3/c1-15-10-18(15)23(29)27-21-12-22(31-2)19(11-20(21)25)24(30)26-17-8-9-28(14-17)13-16-6-4-3-5-7-16/h3-7,11-12,15,17-18H,8-10,13-14H2,1-2H3,(H,26,30)(H,27,29)/t15-,17-,18?/m0/s1. The number of rotatable bonds is 7. The lowest BCUT2D eigenvalue weighted by Crippen LogP contribution is -2.37. The van der Waals surface area contributed by atoms with Crippen molar-refractivity contribution < 1.29 is 14.3 Å². The summed E-state index contributed by atoms with van der Waals surface area (Å²) in [5.41, 5.74) is 2.10. The number of likely N-dealkylation sites (tertiary alicyclic amines) is 1. The van der Waals surface area contributed by atoms with E-state index in [1.807, 2.05) is 25.1 Å². The highest BCUT2D eigenvalue weighted by molar-refractivity contribution is 6.34. The summed E-state index contributed by atoms with van der Waals surface area (Å²) in [5, 5.41) is 6.28. The Morgan fingerprint density at radius 3 is 2.65 bits per heavy atom. The molecule has 1 aliphatic carbocycles. The third-order valence-electron chi connectivity index (χ3n) is 6.09. The molecule has 0 spiro atoms. The average molecular weight is 442 g/mol. The molecule has 0 bridgehead atoms. The van der Waals surface area contributed by atoms with Crippen LogP contribution in [0.3, 0.4) is 0 Å². The van der Waals surface area contributed by atoms with Crippen LogP contribution in [0.2, 0.25) is 5.02 Å². The summed E-state index contributed by atoms with van der Waals surface area (Å²) in [6.45, 7) is 4.65. The lowest BCUT2D eigenvalue weighted by atomic mass is 10.1. The average Bonchev–Trinajstić information content (AvgIpc) is 3.34. The van der Waals surface area contributed by atoms with Gasteiger partial charge in [0.2, 0.25) is 5.91 Å². The number of benzene rings is 2. The summed E-state index contributed by atoms with van der Waals surface area (Å²) in [5.74, 6) is 0.558. The molecule has 3 atom stereocenters. The van der Waals surface area contributed by atoms with Crippen LogP contribution in [0.1, 0.15) is 35.7 Å². The van der Waals surface area contributed by atoms with Crippen LogP contribution >= 0.6 is 11.6 Å². The second kappa shape index (κ2) is 9.28. The van der Waals surface area contributed by atoms with Crippen molar-refractivity contribution in [1.29, 1.82) is 0 Å². The zero-order valence-electron chi connectivity index (χ0n) is 17.9. The monoisotopic (exact) mass is 441 g/mol. The summed E-state index contributed by atoms with van der Waals surface area (Å²) in [6, 6.07) is 13.6. The number of carbonyl (C=O) groups excluding carboxylic acids is 2. The third-order valence-corrected chi connectivity index (χ3v) is 6.41. The Balaban J connectivity index is 1.38. The molecule has 2 amide bonds. The first-order chi connectivity index (χ1) is 14.9. The van der Waals surface area contributed by atoms with Crippen molar-refractivity contribution >= 4 is 29.1 Å². The van der Waals surface area contributed by atoms with Gasteiger partial charge in [0.25, 0.3) is 5.91 Å². The Hall–Kier alpha value is -2.57. The number of nitrogens with one attached hydrogen (secondary N) is 2.